The molecule has 4 nitrogen and oxygen atoms in total. The monoisotopic (exact) mass is 469 g/mol. The molecule has 0 bridgehead atoms. The number of hydrogen-bond donors (Lipinski definition) is 0. The van der Waals surface area contributed by atoms with Crippen LogP contribution >= 0.6 is 0 Å². The van der Waals surface area contributed by atoms with Crippen molar-refractivity contribution >= 4 is 0 Å². The van der Waals surface area contributed by atoms with E-state index in [4.69, 9.17) is 11.3 Å². The first-order chi connectivity index (χ1) is 16.3. The first-order valence-corrected chi connectivity index (χ1v) is 12.5. The summed E-state index contributed by atoms with van der Waals surface area (Å²) in [7, 11) is 0. The third-order valence-corrected chi connectivity index (χ3v) is 7.03. The van der Waals surface area contributed by atoms with Gasteiger partial charge in [-0.2, -0.15) is 0 Å². The summed E-state index contributed by atoms with van der Waals surface area (Å²) >= 11 is 0. The van der Waals surface area contributed by atoms with Gasteiger partial charge in [0.15, 0.2) is 0 Å². The van der Waals surface area contributed by atoms with Crippen LogP contribution in [0, 0.1) is 34.1 Å². The molecule has 184 valence electrons. The minimum atomic E-state index is -0.248. The summed E-state index contributed by atoms with van der Waals surface area (Å²) in [6.45, 7) is 27.1. The van der Waals surface area contributed by atoms with Crippen molar-refractivity contribution in [3.8, 4) is 6.07 Å². The predicted octanol–water partition coefficient (Wildman–Crippen LogP) is 8.00. The van der Waals surface area contributed by atoms with E-state index in [0.717, 1.165) is 30.8 Å². The van der Waals surface area contributed by atoms with Crippen LogP contribution in [0.5, 0.6) is 0 Å². The van der Waals surface area contributed by atoms with Crippen LogP contribution < -0.4 is 0 Å². The number of ether oxygens (including phenoxy) is 1. The molecule has 3 rings (SSSR count). The van der Waals surface area contributed by atoms with Crippen LogP contribution in [0.25, 0.3) is 4.85 Å². The quantitative estimate of drug-likeness (QED) is 0.239. The summed E-state index contributed by atoms with van der Waals surface area (Å²) in [6, 6.07) is 2.01. The van der Waals surface area contributed by atoms with E-state index in [9.17, 15) is 5.26 Å². The van der Waals surface area contributed by atoms with Gasteiger partial charge in [-0.1, -0.05) is 66.7 Å². The molecule has 0 N–H and O–H groups in total. The Morgan fingerprint density at radius 2 is 1.86 bits per heavy atom. The second-order valence-corrected chi connectivity index (χ2v) is 12.0. The van der Waals surface area contributed by atoms with Gasteiger partial charge >= 0.3 is 0 Å². The lowest BCUT2D eigenvalue weighted by atomic mass is 9.72. The second-order valence-electron chi connectivity index (χ2n) is 12.0. The molecule has 1 saturated heterocycles. The Balaban J connectivity index is 1.99. The molecule has 0 aromatic heterocycles. The third kappa shape index (κ3) is 6.07. The van der Waals surface area contributed by atoms with E-state index in [1.807, 2.05) is 18.2 Å². The molecule has 0 unspecified atom stereocenters. The SMILES string of the molecule is [C-]#[N+]/C(C#N)=C1C=C(/C=C/C(=C/C)/C=C2\C3=CC(C)(C)CCN3CCC2(C)C)OC(C(C)(C)C)=C\1. The molecule has 35 heavy (non-hydrogen) atoms. The molecule has 0 amide bonds. The summed E-state index contributed by atoms with van der Waals surface area (Å²) in [5.41, 5.74) is 4.57. The Kier molecular flexibility index (Phi) is 7.37. The summed E-state index contributed by atoms with van der Waals surface area (Å²) in [5.74, 6) is 1.37. The molecule has 0 saturated carbocycles. The first-order valence-electron chi connectivity index (χ1n) is 12.5. The molecule has 3 heterocycles. The highest BCUT2D eigenvalue weighted by Crippen LogP contribution is 2.46. The molecule has 0 atom stereocenters. The van der Waals surface area contributed by atoms with Crippen LogP contribution in [0.4, 0.5) is 0 Å². The van der Waals surface area contributed by atoms with Gasteiger partial charge in [0.05, 0.1) is 12.6 Å². The van der Waals surface area contributed by atoms with Crippen molar-refractivity contribution < 1.29 is 4.74 Å². The van der Waals surface area contributed by atoms with Crippen molar-refractivity contribution in [3.63, 3.8) is 0 Å². The maximum atomic E-state index is 9.41. The van der Waals surface area contributed by atoms with E-state index in [0.29, 0.717) is 11.3 Å². The van der Waals surface area contributed by atoms with Gasteiger partial charge in [-0.25, -0.2) is 10.1 Å². The summed E-state index contributed by atoms with van der Waals surface area (Å²) in [6.07, 6.45) is 16.8. The van der Waals surface area contributed by atoms with Crippen molar-refractivity contribution in [2.75, 3.05) is 13.1 Å². The van der Waals surface area contributed by atoms with Gasteiger partial charge in [0.25, 0.3) is 5.70 Å². The molecular weight excluding hydrogens is 430 g/mol. The number of nitrogens with zero attached hydrogens (tertiary/aromatic N) is 3. The Hall–Kier alpha value is -3.24. The molecule has 1 fully saturated rings. The van der Waals surface area contributed by atoms with E-state index < -0.39 is 0 Å². The summed E-state index contributed by atoms with van der Waals surface area (Å²) < 4.78 is 6.18. The maximum Gasteiger partial charge on any atom is 0.269 e. The van der Waals surface area contributed by atoms with Crippen LogP contribution in [0.3, 0.4) is 0 Å². The maximum absolute atomic E-state index is 9.41. The van der Waals surface area contributed by atoms with E-state index in [2.05, 4.69) is 89.4 Å². The average molecular weight is 470 g/mol. The molecule has 0 aromatic carbocycles. The molecule has 3 aliphatic rings. The smallest absolute Gasteiger partial charge is 0.269 e. The normalized spacial score (nSPS) is 24.5. The number of nitriles is 1. The van der Waals surface area contributed by atoms with Crippen LogP contribution in [-0.4, -0.2) is 18.0 Å². The zero-order chi connectivity index (χ0) is 26.0. The van der Waals surface area contributed by atoms with Crippen LogP contribution in [-0.2, 0) is 4.74 Å². The van der Waals surface area contributed by atoms with Crippen molar-refractivity contribution in [2.24, 2.45) is 16.2 Å². The Bertz CT molecular complexity index is 1160. The second kappa shape index (κ2) is 9.79. The lowest BCUT2D eigenvalue weighted by Gasteiger charge is -2.47. The number of piperidine rings is 1. The van der Waals surface area contributed by atoms with Crippen molar-refractivity contribution in [1.82, 2.24) is 4.90 Å². The predicted molar refractivity (Wildman–Crippen MR) is 143 cm³/mol. The van der Waals surface area contributed by atoms with Gasteiger partial charge < -0.3 is 9.64 Å². The standard InChI is InChI=1S/C31H39N3O/c1-10-22(17-25-27-20-30(5,6)13-15-34(27)16-14-31(25,7)8)11-12-24-18-23(26(21-32)33-9)19-28(35-24)29(2,3)4/h10-12,17-20H,13-16H2,1-8H3/b12-11+,22-10-,25-17+,26-23+. The number of fused-ring (bicyclic) bond motifs is 1. The molecule has 0 aliphatic carbocycles. The van der Waals surface area contributed by atoms with Crippen molar-refractivity contribution in [2.45, 2.75) is 68.2 Å². The molecule has 0 radical (unpaired) electrons. The number of allylic oxidation sites excluding steroid dienone is 12. The highest BCUT2D eigenvalue weighted by molar-refractivity contribution is 5.52. The van der Waals surface area contributed by atoms with Crippen molar-refractivity contribution in [3.05, 3.63) is 93.6 Å². The number of hydrogen-bond acceptors (Lipinski definition) is 3. The Morgan fingerprint density at radius 1 is 1.17 bits per heavy atom. The molecule has 4 heteroatoms. The fourth-order valence-electron chi connectivity index (χ4n) is 4.56. The minimum Gasteiger partial charge on any atom is -0.461 e. The topological polar surface area (TPSA) is 40.6 Å². The molecule has 3 aliphatic heterocycles. The largest absolute Gasteiger partial charge is 0.461 e. The average Bonchev–Trinajstić information content (AvgIpc) is 2.77. The highest BCUT2D eigenvalue weighted by atomic mass is 16.5. The summed E-state index contributed by atoms with van der Waals surface area (Å²) in [5, 5.41) is 9.41. The lowest BCUT2D eigenvalue weighted by molar-refractivity contribution is 0.194. The van der Waals surface area contributed by atoms with E-state index >= 15 is 0 Å². The van der Waals surface area contributed by atoms with Gasteiger partial charge in [0, 0.05) is 24.2 Å². The third-order valence-electron chi connectivity index (χ3n) is 7.03. The molecule has 0 aromatic rings. The van der Waals surface area contributed by atoms with Crippen LogP contribution in [0.1, 0.15) is 68.2 Å². The van der Waals surface area contributed by atoms with Gasteiger partial charge in [0.1, 0.15) is 11.5 Å². The van der Waals surface area contributed by atoms with E-state index in [-0.39, 0.29) is 21.9 Å². The van der Waals surface area contributed by atoms with Gasteiger partial charge in [-0.3, -0.25) is 0 Å². The van der Waals surface area contributed by atoms with Crippen LogP contribution in [0.2, 0.25) is 0 Å². The molecular formula is C31H39N3O. The fraction of sp³-hybridized carbons (Fsp3) is 0.484. The van der Waals surface area contributed by atoms with E-state index in [1.54, 1.807) is 6.08 Å². The molecule has 0 spiro atoms. The Labute approximate surface area is 212 Å². The summed E-state index contributed by atoms with van der Waals surface area (Å²) in [4.78, 5) is 5.94. The highest BCUT2D eigenvalue weighted by Gasteiger charge is 2.37. The zero-order valence-corrected chi connectivity index (χ0v) is 22.6. The van der Waals surface area contributed by atoms with E-state index in [1.165, 1.54) is 17.7 Å². The number of rotatable bonds is 3. The zero-order valence-electron chi connectivity index (χ0n) is 22.6. The first kappa shape index (κ1) is 26.4. The van der Waals surface area contributed by atoms with Gasteiger partial charge in [-0.15, -0.1) is 0 Å². The minimum absolute atomic E-state index is 0.0743. The van der Waals surface area contributed by atoms with Gasteiger partial charge in [-0.05, 0) is 71.6 Å². The fourth-order valence-corrected chi connectivity index (χ4v) is 4.56. The lowest BCUT2D eigenvalue weighted by Crippen LogP contribution is -2.42. The van der Waals surface area contributed by atoms with Crippen LogP contribution in [0.15, 0.2) is 82.2 Å². The van der Waals surface area contributed by atoms with Crippen molar-refractivity contribution in [1.29, 1.82) is 5.26 Å². The Morgan fingerprint density at radius 3 is 2.46 bits per heavy atom. The van der Waals surface area contributed by atoms with Gasteiger partial charge in [0.2, 0.25) is 0 Å².